The van der Waals surface area contributed by atoms with Crippen LogP contribution in [0.15, 0.2) is 43.1 Å². The number of H-pyrrole nitrogens is 1. The molecular formula is C27H41N5O4. The van der Waals surface area contributed by atoms with Gasteiger partial charge in [-0.2, -0.15) is 0 Å². The first-order valence-electron chi connectivity index (χ1n) is 12.4. The van der Waals surface area contributed by atoms with Crippen molar-refractivity contribution in [2.75, 3.05) is 58.8 Å². The number of nitrogen functional groups attached to an aromatic ring is 1. The van der Waals surface area contributed by atoms with Crippen molar-refractivity contribution in [3.8, 4) is 5.75 Å². The second-order valence-corrected chi connectivity index (χ2v) is 8.45. The van der Waals surface area contributed by atoms with E-state index in [0.717, 1.165) is 63.6 Å². The third-order valence-corrected chi connectivity index (χ3v) is 5.86. The molecule has 0 unspecified atom stereocenters. The molecule has 2 saturated heterocycles. The Labute approximate surface area is 214 Å². The monoisotopic (exact) mass is 499 g/mol. The van der Waals surface area contributed by atoms with E-state index in [1.165, 1.54) is 25.3 Å². The van der Waals surface area contributed by atoms with Gasteiger partial charge >= 0.3 is 0 Å². The second kappa shape index (κ2) is 16.4. The van der Waals surface area contributed by atoms with Gasteiger partial charge in [-0.3, -0.25) is 9.69 Å². The number of carbonyl (C=O) groups excluding carboxylic acids is 1. The Hall–Kier alpha value is -3.27. The summed E-state index contributed by atoms with van der Waals surface area (Å²) in [5.74, 6) is 0.607. The topological polar surface area (TPSA) is 139 Å². The molecule has 9 nitrogen and oxygen atoms in total. The average molecular weight is 500 g/mol. The van der Waals surface area contributed by atoms with E-state index in [9.17, 15) is 9.90 Å². The fourth-order valence-electron chi connectivity index (χ4n) is 3.71. The molecule has 2 aromatic rings. The van der Waals surface area contributed by atoms with Crippen LogP contribution in [0.25, 0.3) is 11.8 Å². The molecule has 0 bridgehead atoms. The summed E-state index contributed by atoms with van der Waals surface area (Å²) in [5.41, 5.74) is 15.3. The van der Waals surface area contributed by atoms with Gasteiger partial charge in [-0.05, 0) is 55.5 Å². The van der Waals surface area contributed by atoms with Gasteiger partial charge in [-0.25, -0.2) is 0 Å². The van der Waals surface area contributed by atoms with Gasteiger partial charge in [-0.1, -0.05) is 18.7 Å². The van der Waals surface area contributed by atoms with Crippen molar-refractivity contribution in [2.24, 2.45) is 5.73 Å². The third-order valence-electron chi connectivity index (χ3n) is 5.86. The van der Waals surface area contributed by atoms with E-state index in [4.69, 9.17) is 20.9 Å². The number of hydrogen-bond donors (Lipinski definition) is 5. The predicted octanol–water partition coefficient (Wildman–Crippen LogP) is 2.74. The number of aromatic nitrogens is 1. The molecule has 0 saturated carbocycles. The molecule has 1 aromatic heterocycles. The molecule has 3 heterocycles. The summed E-state index contributed by atoms with van der Waals surface area (Å²) in [6.07, 6.45) is 9.79. The summed E-state index contributed by atoms with van der Waals surface area (Å²) in [6.45, 7) is 9.69. The van der Waals surface area contributed by atoms with Gasteiger partial charge < -0.3 is 36.3 Å². The van der Waals surface area contributed by atoms with E-state index in [1.54, 1.807) is 25.2 Å². The molecule has 1 amide bonds. The molecule has 1 aromatic carbocycles. The van der Waals surface area contributed by atoms with Gasteiger partial charge in [0.15, 0.2) is 0 Å². The van der Waals surface area contributed by atoms with E-state index in [1.807, 2.05) is 18.3 Å². The highest BCUT2D eigenvalue weighted by atomic mass is 16.5. The van der Waals surface area contributed by atoms with Crippen LogP contribution in [0.1, 0.15) is 36.0 Å². The molecule has 2 aliphatic heterocycles. The largest absolute Gasteiger partial charge is 0.507 e. The summed E-state index contributed by atoms with van der Waals surface area (Å²) in [5, 5.41) is 12.3. The third kappa shape index (κ3) is 10.2. The minimum absolute atomic E-state index is 0.144. The van der Waals surface area contributed by atoms with E-state index in [-0.39, 0.29) is 11.7 Å². The first-order valence-corrected chi connectivity index (χ1v) is 12.4. The number of rotatable bonds is 6. The average Bonchev–Trinajstić information content (AvgIpc) is 3.28. The van der Waals surface area contributed by atoms with Crippen molar-refractivity contribution in [2.45, 2.75) is 25.7 Å². The van der Waals surface area contributed by atoms with Gasteiger partial charge in [0.05, 0.1) is 13.2 Å². The van der Waals surface area contributed by atoms with Crippen molar-refractivity contribution in [1.29, 1.82) is 0 Å². The number of morpholine rings is 1. The Balaban J connectivity index is 0.000000312. The second-order valence-electron chi connectivity index (χ2n) is 8.45. The van der Waals surface area contributed by atoms with Crippen LogP contribution in [0, 0.1) is 0 Å². The predicted molar refractivity (Wildman–Crippen MR) is 145 cm³/mol. The minimum Gasteiger partial charge on any atom is -0.507 e. The number of nitrogens with zero attached hydrogens (tertiary/aromatic N) is 1. The van der Waals surface area contributed by atoms with E-state index in [2.05, 4.69) is 21.8 Å². The number of phenolic OH excluding ortho intramolecular Hbond substituents is 1. The Morgan fingerprint density at radius 1 is 1.17 bits per heavy atom. The first kappa shape index (κ1) is 29.0. The van der Waals surface area contributed by atoms with Crippen molar-refractivity contribution < 1.29 is 19.4 Å². The maximum atomic E-state index is 9.95. The van der Waals surface area contributed by atoms with Crippen LogP contribution in [-0.4, -0.2) is 74.0 Å². The number of ether oxygens (including phenoxy) is 2. The van der Waals surface area contributed by atoms with Gasteiger partial charge in [0.25, 0.3) is 0 Å². The fraction of sp³-hybridized carbons (Fsp3) is 0.444. The SMILES string of the molecule is C1CCOCC1.C=CC(=O)NC.N/C(=C\c1c(CCN2CCOCC2)c[nH]c1N)c1ccccc1O. The lowest BCUT2D eigenvalue weighted by atomic mass is 10.0. The quantitative estimate of drug-likeness (QED) is 0.385. The van der Waals surface area contributed by atoms with Crippen LogP contribution in [0.4, 0.5) is 5.82 Å². The number of amides is 1. The molecule has 0 radical (unpaired) electrons. The lowest BCUT2D eigenvalue weighted by Gasteiger charge is -2.26. The number of para-hydroxylation sites is 1. The number of likely N-dealkylation sites (N-methyl/N-ethyl adjacent to an activating group) is 1. The number of aromatic amines is 1. The Morgan fingerprint density at radius 3 is 2.36 bits per heavy atom. The van der Waals surface area contributed by atoms with Crippen LogP contribution in [-0.2, 0) is 20.7 Å². The zero-order valence-electron chi connectivity index (χ0n) is 21.3. The molecule has 0 atom stereocenters. The molecule has 4 rings (SSSR count). The Bertz CT molecular complexity index is 951. The number of nitrogens with one attached hydrogen (secondary N) is 2. The molecule has 2 fully saturated rings. The number of anilines is 1. The van der Waals surface area contributed by atoms with Gasteiger partial charge in [0.2, 0.25) is 5.91 Å². The fourth-order valence-corrected chi connectivity index (χ4v) is 3.71. The molecule has 198 valence electrons. The number of benzene rings is 1. The zero-order chi connectivity index (χ0) is 26.2. The molecule has 0 spiro atoms. The maximum absolute atomic E-state index is 9.95. The number of hydrogen-bond acceptors (Lipinski definition) is 7. The molecular weight excluding hydrogens is 458 g/mol. The van der Waals surface area contributed by atoms with E-state index >= 15 is 0 Å². The maximum Gasteiger partial charge on any atom is 0.243 e. The van der Waals surface area contributed by atoms with Crippen LogP contribution in [0.5, 0.6) is 5.75 Å². The van der Waals surface area contributed by atoms with Gasteiger partial charge in [-0.15, -0.1) is 0 Å². The molecule has 36 heavy (non-hydrogen) atoms. The van der Waals surface area contributed by atoms with Gasteiger partial charge in [0.1, 0.15) is 11.6 Å². The van der Waals surface area contributed by atoms with Crippen LogP contribution in [0.2, 0.25) is 0 Å². The zero-order valence-corrected chi connectivity index (χ0v) is 21.3. The van der Waals surface area contributed by atoms with Crippen LogP contribution >= 0.6 is 0 Å². The molecule has 9 heteroatoms. The van der Waals surface area contributed by atoms with Crippen LogP contribution in [0.3, 0.4) is 0 Å². The lowest BCUT2D eigenvalue weighted by Crippen LogP contribution is -2.37. The summed E-state index contributed by atoms with van der Waals surface area (Å²) in [6, 6.07) is 7.02. The molecule has 7 N–H and O–H groups in total. The molecule has 0 aliphatic carbocycles. The minimum atomic E-state index is -0.144. The Morgan fingerprint density at radius 2 is 1.83 bits per heavy atom. The highest BCUT2D eigenvalue weighted by Crippen LogP contribution is 2.26. The Kier molecular flexibility index (Phi) is 13.2. The van der Waals surface area contributed by atoms with Gasteiger partial charge in [0, 0.05) is 62.9 Å². The summed E-state index contributed by atoms with van der Waals surface area (Å²) in [7, 11) is 1.56. The number of nitrogens with two attached hydrogens (primary N) is 2. The van der Waals surface area contributed by atoms with E-state index < -0.39 is 0 Å². The summed E-state index contributed by atoms with van der Waals surface area (Å²) >= 11 is 0. The number of phenols is 1. The van der Waals surface area contributed by atoms with Crippen molar-refractivity contribution in [3.63, 3.8) is 0 Å². The lowest BCUT2D eigenvalue weighted by molar-refractivity contribution is -0.116. The number of aromatic hydroxyl groups is 1. The summed E-state index contributed by atoms with van der Waals surface area (Å²) < 4.78 is 10.4. The highest BCUT2D eigenvalue weighted by molar-refractivity contribution is 5.86. The smallest absolute Gasteiger partial charge is 0.243 e. The van der Waals surface area contributed by atoms with E-state index in [0.29, 0.717) is 17.1 Å². The molecule has 2 aliphatic rings. The number of carbonyl (C=O) groups is 1. The van der Waals surface area contributed by atoms with Crippen molar-refractivity contribution >= 4 is 23.5 Å². The highest BCUT2D eigenvalue weighted by Gasteiger charge is 2.13. The summed E-state index contributed by atoms with van der Waals surface area (Å²) in [4.78, 5) is 15.4. The van der Waals surface area contributed by atoms with Crippen LogP contribution < -0.4 is 16.8 Å². The normalized spacial score (nSPS) is 16.1. The standard InChI is InChI=1S/C18H24N4O2.C5H10O.C4H7NO/c19-16(14-3-1-2-4-17(14)23)11-15-13(12-21-18(15)20)5-6-22-7-9-24-10-8-22;1-2-4-6-5-3-1;1-3-4(6)5-2/h1-4,11-12,21,23H,5-10,19-20H2;1-5H2;3H,1H2,2H3,(H,5,6)/b16-11-;;. The van der Waals surface area contributed by atoms with Crippen molar-refractivity contribution in [3.05, 3.63) is 59.8 Å². The van der Waals surface area contributed by atoms with Crippen molar-refractivity contribution in [1.82, 2.24) is 15.2 Å². The first-order chi connectivity index (χ1) is 17.5.